The van der Waals surface area contributed by atoms with Gasteiger partial charge in [-0.2, -0.15) is 5.26 Å². The van der Waals surface area contributed by atoms with Crippen LogP contribution in [-0.2, 0) is 4.43 Å². The minimum atomic E-state index is -1.82. The molecule has 0 fully saturated rings. The lowest BCUT2D eigenvalue weighted by atomic mass is 10.1. The maximum Gasteiger partial charge on any atom is 0.186 e. The monoisotopic (exact) mass is 283 g/mol. The fraction of sp³-hybridized carbons (Fsp3) is 0.462. The Morgan fingerprint density at radius 2 is 1.94 bits per heavy atom. The lowest BCUT2D eigenvalue weighted by Gasteiger charge is -2.24. The number of methoxy groups -OCH3 is 1. The van der Waals surface area contributed by atoms with Gasteiger partial charge in [0.15, 0.2) is 14.4 Å². The van der Waals surface area contributed by atoms with Crippen LogP contribution in [0, 0.1) is 18.3 Å². The van der Waals surface area contributed by atoms with Crippen molar-refractivity contribution in [1.82, 2.24) is 0 Å². The quantitative estimate of drug-likeness (QED) is 0.782. The molecule has 0 bridgehead atoms. The maximum atomic E-state index is 9.29. The van der Waals surface area contributed by atoms with Gasteiger partial charge in [-0.05, 0) is 44.3 Å². The molecule has 0 amide bonds. The first kappa shape index (κ1) is 15.0. The molecule has 0 N–H and O–H groups in total. The minimum absolute atomic E-state index is 0.586. The van der Waals surface area contributed by atoms with E-state index in [1.165, 1.54) is 0 Å². The number of hydrogen-bond donors (Lipinski definition) is 0. The molecule has 1 aromatic carbocycles. The molecule has 1 rings (SSSR count). The van der Waals surface area contributed by atoms with Crippen molar-refractivity contribution in [1.29, 1.82) is 5.26 Å². The van der Waals surface area contributed by atoms with Gasteiger partial charge in [0.1, 0.15) is 5.75 Å². The molecule has 0 aromatic heterocycles. The van der Waals surface area contributed by atoms with Crippen LogP contribution in [0.1, 0.15) is 17.2 Å². The normalized spacial score (nSPS) is 12.9. The molecule has 3 nitrogen and oxygen atoms in total. The summed E-state index contributed by atoms with van der Waals surface area (Å²) in [7, 11) is -0.230. The van der Waals surface area contributed by atoms with Crippen molar-refractivity contribution in [2.45, 2.75) is 32.7 Å². The Balaban J connectivity index is 3.25. The maximum absolute atomic E-state index is 9.29. The molecule has 5 heteroatoms. The second kappa shape index (κ2) is 5.74. The van der Waals surface area contributed by atoms with E-state index in [1.807, 2.05) is 32.6 Å². The van der Waals surface area contributed by atoms with Gasteiger partial charge >= 0.3 is 0 Å². The molecular weight excluding hydrogens is 266 g/mol. The predicted molar refractivity (Wildman–Crippen MR) is 75.5 cm³/mol. The molecule has 0 saturated heterocycles. The van der Waals surface area contributed by atoms with Gasteiger partial charge in [-0.3, -0.25) is 0 Å². The molecular formula is C13H18ClNO2Si. The van der Waals surface area contributed by atoms with E-state index in [1.54, 1.807) is 13.2 Å². The third-order valence-corrected chi connectivity index (χ3v) is 3.50. The fourth-order valence-electron chi connectivity index (χ4n) is 1.74. The van der Waals surface area contributed by atoms with E-state index in [0.29, 0.717) is 16.3 Å². The molecule has 0 aliphatic carbocycles. The summed E-state index contributed by atoms with van der Waals surface area (Å²) in [6, 6.07) is 5.73. The third kappa shape index (κ3) is 3.74. The van der Waals surface area contributed by atoms with Crippen molar-refractivity contribution >= 4 is 19.9 Å². The van der Waals surface area contributed by atoms with Crippen LogP contribution in [0.3, 0.4) is 0 Å². The highest BCUT2D eigenvalue weighted by Gasteiger charge is 2.25. The second-order valence-corrected chi connectivity index (χ2v) is 9.98. The third-order valence-electron chi connectivity index (χ3n) is 2.34. The van der Waals surface area contributed by atoms with E-state index < -0.39 is 14.4 Å². The smallest absolute Gasteiger partial charge is 0.186 e. The first-order valence-corrected chi connectivity index (χ1v) is 9.48. The average Bonchev–Trinajstić information content (AvgIpc) is 2.23. The number of benzene rings is 1. The average molecular weight is 284 g/mol. The summed E-state index contributed by atoms with van der Waals surface area (Å²) in [6.07, 6.45) is -0.635. The van der Waals surface area contributed by atoms with Gasteiger partial charge < -0.3 is 9.16 Å². The summed E-state index contributed by atoms with van der Waals surface area (Å²) < 4.78 is 11.2. The summed E-state index contributed by atoms with van der Waals surface area (Å²) >= 11 is 6.04. The van der Waals surface area contributed by atoms with Gasteiger partial charge in [-0.1, -0.05) is 11.6 Å². The van der Waals surface area contributed by atoms with Gasteiger partial charge in [0.2, 0.25) is 0 Å². The number of nitriles is 1. The number of nitrogens with zero attached hydrogens (tertiary/aromatic N) is 1. The van der Waals surface area contributed by atoms with Crippen LogP contribution in [0.15, 0.2) is 12.1 Å². The molecule has 0 aliphatic heterocycles. The molecule has 0 heterocycles. The van der Waals surface area contributed by atoms with E-state index in [2.05, 4.69) is 6.07 Å². The Morgan fingerprint density at radius 1 is 1.33 bits per heavy atom. The lowest BCUT2D eigenvalue weighted by Crippen LogP contribution is -2.27. The number of aryl methyl sites for hydroxylation is 1. The molecule has 98 valence electrons. The zero-order valence-electron chi connectivity index (χ0n) is 11.4. The first-order chi connectivity index (χ1) is 8.28. The molecule has 0 aliphatic rings. The zero-order valence-corrected chi connectivity index (χ0v) is 13.1. The number of hydrogen-bond acceptors (Lipinski definition) is 3. The first-order valence-electron chi connectivity index (χ1n) is 5.70. The zero-order chi connectivity index (χ0) is 13.9. The minimum Gasteiger partial charge on any atom is -0.496 e. The standard InChI is InChI=1S/C13H18ClNO2Si/c1-9-6-10(14)7-11(13(9)16-2)12(8-15)17-18(3,4)5/h6-7,12H,1-5H3. The van der Waals surface area contributed by atoms with E-state index in [9.17, 15) is 5.26 Å². The predicted octanol–water partition coefficient (Wildman–Crippen LogP) is 4.07. The van der Waals surface area contributed by atoms with Crippen LogP contribution in [-0.4, -0.2) is 15.4 Å². The number of rotatable bonds is 4. The summed E-state index contributed by atoms with van der Waals surface area (Å²) in [5.41, 5.74) is 1.60. The fourth-order valence-corrected chi connectivity index (χ4v) is 2.91. The highest BCUT2D eigenvalue weighted by molar-refractivity contribution is 6.69. The van der Waals surface area contributed by atoms with Crippen LogP contribution in [0.25, 0.3) is 0 Å². The van der Waals surface area contributed by atoms with Gasteiger partial charge in [-0.15, -0.1) is 0 Å². The topological polar surface area (TPSA) is 42.2 Å². The molecule has 0 saturated carbocycles. The van der Waals surface area contributed by atoms with Crippen molar-refractivity contribution in [3.8, 4) is 11.8 Å². The number of halogens is 1. The highest BCUT2D eigenvalue weighted by atomic mass is 35.5. The van der Waals surface area contributed by atoms with Gasteiger partial charge in [-0.25, -0.2) is 0 Å². The summed E-state index contributed by atoms with van der Waals surface area (Å²) in [6.45, 7) is 8.03. The summed E-state index contributed by atoms with van der Waals surface area (Å²) in [5.74, 6) is 0.671. The van der Waals surface area contributed by atoms with Crippen molar-refractivity contribution in [2.75, 3.05) is 7.11 Å². The largest absolute Gasteiger partial charge is 0.496 e. The van der Waals surface area contributed by atoms with Crippen LogP contribution < -0.4 is 4.74 Å². The van der Waals surface area contributed by atoms with Crippen LogP contribution in [0.5, 0.6) is 5.75 Å². The van der Waals surface area contributed by atoms with Crippen molar-refractivity contribution in [3.63, 3.8) is 0 Å². The Hall–Kier alpha value is -1.02. The Morgan fingerprint density at radius 3 is 2.39 bits per heavy atom. The SMILES string of the molecule is COc1c(C)cc(Cl)cc1C(C#N)O[Si](C)(C)C. The molecule has 0 spiro atoms. The van der Waals surface area contributed by atoms with Crippen LogP contribution >= 0.6 is 11.6 Å². The molecule has 1 unspecified atom stereocenters. The van der Waals surface area contributed by atoms with E-state index >= 15 is 0 Å². The van der Waals surface area contributed by atoms with Crippen molar-refractivity contribution in [2.24, 2.45) is 0 Å². The lowest BCUT2D eigenvalue weighted by molar-refractivity contribution is 0.248. The van der Waals surface area contributed by atoms with Gasteiger partial charge in [0, 0.05) is 10.6 Å². The van der Waals surface area contributed by atoms with E-state index in [-0.39, 0.29) is 0 Å². The van der Waals surface area contributed by atoms with E-state index in [0.717, 1.165) is 5.56 Å². The Bertz CT molecular complexity index is 477. The van der Waals surface area contributed by atoms with Crippen molar-refractivity contribution < 1.29 is 9.16 Å². The molecule has 1 atom stereocenters. The molecule has 1 aromatic rings. The molecule has 18 heavy (non-hydrogen) atoms. The van der Waals surface area contributed by atoms with Gasteiger partial charge in [0.05, 0.1) is 13.2 Å². The van der Waals surface area contributed by atoms with Gasteiger partial charge in [0.25, 0.3) is 0 Å². The Kier molecular flexibility index (Phi) is 4.80. The van der Waals surface area contributed by atoms with Crippen LogP contribution in [0.4, 0.5) is 0 Å². The van der Waals surface area contributed by atoms with Crippen molar-refractivity contribution in [3.05, 3.63) is 28.3 Å². The summed E-state index contributed by atoms with van der Waals surface area (Å²) in [5, 5.41) is 9.88. The molecule has 0 radical (unpaired) electrons. The highest BCUT2D eigenvalue weighted by Crippen LogP contribution is 2.34. The second-order valence-electron chi connectivity index (χ2n) is 5.08. The Labute approximate surface area is 114 Å². The van der Waals surface area contributed by atoms with E-state index in [4.69, 9.17) is 20.8 Å². The summed E-state index contributed by atoms with van der Waals surface area (Å²) in [4.78, 5) is 0. The van der Waals surface area contributed by atoms with Crippen LogP contribution in [0.2, 0.25) is 24.7 Å². The number of ether oxygens (including phenoxy) is 1.